The summed E-state index contributed by atoms with van der Waals surface area (Å²) in [5, 5.41) is 9.68. The first-order chi connectivity index (χ1) is 11.3. The van der Waals surface area contributed by atoms with Crippen molar-refractivity contribution in [2.75, 3.05) is 0 Å². The molecule has 0 unspecified atom stereocenters. The molecule has 2 aromatic carbocycles. The number of aryl methyl sites for hydroxylation is 1. The van der Waals surface area contributed by atoms with Crippen LogP contribution in [0.5, 0.6) is 0 Å². The van der Waals surface area contributed by atoms with E-state index in [4.69, 9.17) is 0 Å². The van der Waals surface area contributed by atoms with Crippen molar-refractivity contribution in [3.63, 3.8) is 0 Å². The molecule has 1 aliphatic carbocycles. The van der Waals surface area contributed by atoms with E-state index in [1.54, 1.807) is 11.0 Å². The minimum absolute atomic E-state index is 0.0771. The van der Waals surface area contributed by atoms with Gasteiger partial charge in [-0.3, -0.25) is 9.48 Å². The topological polar surface area (TPSA) is 59.8 Å². The lowest BCUT2D eigenvalue weighted by atomic mass is 10.0. The van der Waals surface area contributed by atoms with Crippen molar-refractivity contribution in [1.82, 2.24) is 20.1 Å². The fourth-order valence-corrected chi connectivity index (χ4v) is 3.12. The molecule has 1 saturated carbocycles. The van der Waals surface area contributed by atoms with Gasteiger partial charge in [-0.15, -0.1) is 0 Å². The van der Waals surface area contributed by atoms with Gasteiger partial charge in [-0.25, -0.2) is 4.98 Å². The molecule has 1 aromatic heterocycles. The van der Waals surface area contributed by atoms with E-state index < -0.39 is 0 Å². The zero-order valence-electron chi connectivity index (χ0n) is 12.7. The van der Waals surface area contributed by atoms with Crippen molar-refractivity contribution in [2.45, 2.75) is 31.3 Å². The van der Waals surface area contributed by atoms with E-state index in [0.717, 1.165) is 6.42 Å². The van der Waals surface area contributed by atoms with Gasteiger partial charge in [-0.2, -0.15) is 5.10 Å². The molecule has 4 rings (SSSR count). The second kappa shape index (κ2) is 5.83. The molecule has 0 spiro atoms. The van der Waals surface area contributed by atoms with Gasteiger partial charge in [0, 0.05) is 18.4 Å². The lowest BCUT2D eigenvalue weighted by Crippen LogP contribution is -2.27. The molecule has 0 saturated heterocycles. The zero-order chi connectivity index (χ0) is 15.6. The fraction of sp³-hybridized carbons (Fsp3) is 0.278. The van der Waals surface area contributed by atoms with Crippen LogP contribution in [0.2, 0.25) is 0 Å². The third kappa shape index (κ3) is 2.95. The first-order valence-corrected chi connectivity index (χ1v) is 7.91. The molecule has 0 radical (unpaired) electrons. The summed E-state index contributed by atoms with van der Waals surface area (Å²) in [7, 11) is 0. The number of carbonyl (C=O) groups is 1. The molecule has 1 aliphatic rings. The van der Waals surface area contributed by atoms with Crippen molar-refractivity contribution < 1.29 is 4.79 Å². The number of hydrogen-bond acceptors (Lipinski definition) is 3. The lowest BCUT2D eigenvalue weighted by Gasteiger charge is -2.07. The molecule has 1 heterocycles. The van der Waals surface area contributed by atoms with E-state index in [1.165, 1.54) is 22.7 Å². The third-order valence-electron chi connectivity index (χ3n) is 4.39. The van der Waals surface area contributed by atoms with Gasteiger partial charge in [0.05, 0.1) is 6.54 Å². The van der Waals surface area contributed by atoms with Gasteiger partial charge < -0.3 is 5.32 Å². The van der Waals surface area contributed by atoms with Crippen molar-refractivity contribution in [1.29, 1.82) is 0 Å². The Morgan fingerprint density at radius 2 is 2.09 bits per heavy atom. The van der Waals surface area contributed by atoms with Crippen LogP contribution in [-0.4, -0.2) is 26.7 Å². The van der Waals surface area contributed by atoms with Gasteiger partial charge in [-0.1, -0.05) is 42.5 Å². The van der Waals surface area contributed by atoms with Crippen molar-refractivity contribution in [3.05, 3.63) is 60.7 Å². The van der Waals surface area contributed by atoms with Gasteiger partial charge in [0.15, 0.2) is 0 Å². The monoisotopic (exact) mass is 306 g/mol. The first kappa shape index (κ1) is 13.9. The number of benzene rings is 2. The van der Waals surface area contributed by atoms with Gasteiger partial charge in [-0.05, 0) is 22.8 Å². The number of nitrogens with zero attached hydrogens (tertiary/aromatic N) is 3. The molecule has 0 bridgehead atoms. The maximum atomic E-state index is 12.1. The van der Waals surface area contributed by atoms with E-state index in [0.29, 0.717) is 18.9 Å². The summed E-state index contributed by atoms with van der Waals surface area (Å²) >= 11 is 0. The Balaban J connectivity index is 1.38. The van der Waals surface area contributed by atoms with Gasteiger partial charge in [0.25, 0.3) is 0 Å². The summed E-state index contributed by atoms with van der Waals surface area (Å²) < 4.78 is 1.68. The Hall–Kier alpha value is -2.69. The normalized spacial score (nSPS) is 19.7. The summed E-state index contributed by atoms with van der Waals surface area (Å²) in [4.78, 5) is 15.9. The Morgan fingerprint density at radius 3 is 2.96 bits per heavy atom. The van der Waals surface area contributed by atoms with E-state index in [2.05, 4.69) is 57.9 Å². The van der Waals surface area contributed by atoms with Crippen LogP contribution >= 0.6 is 0 Å². The molecule has 5 heteroatoms. The smallest absolute Gasteiger partial charge is 0.222 e. The number of hydrogen-bond donors (Lipinski definition) is 1. The maximum absolute atomic E-state index is 12.1. The SMILES string of the molecule is O=C(CCn1cncn1)N[C@@H]1C[C@H]1c1cccc2ccccc12. The second-order valence-corrected chi connectivity index (χ2v) is 5.99. The average Bonchev–Trinajstić information content (AvgIpc) is 3.12. The summed E-state index contributed by atoms with van der Waals surface area (Å²) in [6.45, 7) is 0.567. The van der Waals surface area contributed by atoms with Crippen LogP contribution < -0.4 is 5.32 Å². The Labute approximate surface area is 134 Å². The van der Waals surface area contributed by atoms with E-state index in [9.17, 15) is 4.79 Å². The maximum Gasteiger partial charge on any atom is 0.222 e. The van der Waals surface area contributed by atoms with Crippen molar-refractivity contribution in [2.24, 2.45) is 0 Å². The molecule has 1 amide bonds. The van der Waals surface area contributed by atoms with Crippen molar-refractivity contribution in [3.8, 4) is 0 Å². The highest BCUT2D eigenvalue weighted by Gasteiger charge is 2.40. The van der Waals surface area contributed by atoms with Gasteiger partial charge >= 0.3 is 0 Å². The van der Waals surface area contributed by atoms with Crippen molar-refractivity contribution >= 4 is 16.7 Å². The molecule has 5 nitrogen and oxygen atoms in total. The van der Waals surface area contributed by atoms with Crippen LogP contribution in [0.15, 0.2) is 55.1 Å². The minimum Gasteiger partial charge on any atom is -0.353 e. The first-order valence-electron chi connectivity index (χ1n) is 7.91. The third-order valence-corrected chi connectivity index (χ3v) is 4.39. The Morgan fingerprint density at radius 1 is 1.22 bits per heavy atom. The van der Waals surface area contributed by atoms with Crippen LogP contribution in [-0.2, 0) is 11.3 Å². The number of fused-ring (bicyclic) bond motifs is 1. The summed E-state index contributed by atoms with van der Waals surface area (Å²) in [5.74, 6) is 0.504. The largest absolute Gasteiger partial charge is 0.353 e. The zero-order valence-corrected chi connectivity index (χ0v) is 12.7. The summed E-state index contributed by atoms with van der Waals surface area (Å²) in [5.41, 5.74) is 1.34. The standard InChI is InChI=1S/C18H18N4O/c23-18(8-9-22-12-19-11-20-22)21-17-10-16(17)15-7-3-5-13-4-1-2-6-14(13)15/h1-7,11-12,16-17H,8-10H2,(H,21,23)/t16-,17+/m0/s1. The van der Waals surface area contributed by atoms with Crippen LogP contribution in [0.1, 0.15) is 24.3 Å². The van der Waals surface area contributed by atoms with Crippen LogP contribution in [0.25, 0.3) is 10.8 Å². The highest BCUT2D eigenvalue weighted by molar-refractivity contribution is 5.87. The second-order valence-electron chi connectivity index (χ2n) is 5.99. The summed E-state index contributed by atoms with van der Waals surface area (Å²) in [6, 6.07) is 15.1. The minimum atomic E-state index is 0.0771. The molecule has 23 heavy (non-hydrogen) atoms. The number of aromatic nitrogens is 3. The number of rotatable bonds is 5. The summed E-state index contributed by atoms with van der Waals surface area (Å²) in [6.07, 6.45) is 4.56. The molecule has 2 atom stereocenters. The van der Waals surface area contributed by atoms with Crippen LogP contribution in [0.4, 0.5) is 0 Å². The Bertz CT molecular complexity index is 823. The van der Waals surface area contributed by atoms with Crippen LogP contribution in [0, 0.1) is 0 Å². The fourth-order valence-electron chi connectivity index (χ4n) is 3.12. The number of carbonyl (C=O) groups excluding carboxylic acids is 1. The Kier molecular flexibility index (Phi) is 3.54. The van der Waals surface area contributed by atoms with Gasteiger partial charge in [0.2, 0.25) is 5.91 Å². The highest BCUT2D eigenvalue weighted by Crippen LogP contribution is 2.43. The predicted molar refractivity (Wildman–Crippen MR) is 87.9 cm³/mol. The van der Waals surface area contributed by atoms with E-state index in [1.807, 2.05) is 0 Å². The number of amides is 1. The quantitative estimate of drug-likeness (QED) is 0.788. The lowest BCUT2D eigenvalue weighted by molar-refractivity contribution is -0.121. The molecule has 0 aliphatic heterocycles. The average molecular weight is 306 g/mol. The molecule has 116 valence electrons. The highest BCUT2D eigenvalue weighted by atomic mass is 16.1. The van der Waals surface area contributed by atoms with Crippen LogP contribution in [0.3, 0.4) is 0 Å². The van der Waals surface area contributed by atoms with Gasteiger partial charge in [0.1, 0.15) is 12.7 Å². The molecular weight excluding hydrogens is 288 g/mol. The molecule has 1 fully saturated rings. The molecule has 3 aromatic rings. The van der Waals surface area contributed by atoms with E-state index in [-0.39, 0.29) is 11.9 Å². The van der Waals surface area contributed by atoms with E-state index >= 15 is 0 Å². The predicted octanol–water partition coefficient (Wildman–Crippen LogP) is 2.49. The molecule has 1 N–H and O–H groups in total. The number of nitrogens with one attached hydrogen (secondary N) is 1. The molecular formula is C18H18N4O.